The van der Waals surface area contributed by atoms with Crippen LogP contribution in [-0.2, 0) is 12.7 Å². The van der Waals surface area contributed by atoms with Gasteiger partial charge in [-0.05, 0) is 6.07 Å². The van der Waals surface area contributed by atoms with Crippen molar-refractivity contribution in [3.63, 3.8) is 0 Å². The number of hydrogen-bond acceptors (Lipinski definition) is 1. The minimum atomic E-state index is -4.37. The molecular weight excluding hydrogens is 335 g/mol. The van der Waals surface area contributed by atoms with Gasteiger partial charge in [0.15, 0.2) is 12.4 Å². The SMILES string of the molecule is O=C(C[n+]1ccc(C(F)(F)F)cc1)c1ccccc1Br. The monoisotopic (exact) mass is 344 g/mol. The molecular formula is C14H10BrF3NO+. The van der Waals surface area contributed by atoms with E-state index in [1.807, 2.05) is 0 Å². The van der Waals surface area contributed by atoms with E-state index >= 15 is 0 Å². The fourth-order valence-corrected chi connectivity index (χ4v) is 2.20. The van der Waals surface area contributed by atoms with Gasteiger partial charge in [0.1, 0.15) is 0 Å². The van der Waals surface area contributed by atoms with Gasteiger partial charge in [-0.3, -0.25) is 4.79 Å². The first-order valence-electron chi connectivity index (χ1n) is 5.72. The number of nitrogens with zero attached hydrogens (tertiary/aromatic N) is 1. The van der Waals surface area contributed by atoms with Crippen LogP contribution < -0.4 is 4.57 Å². The Bertz CT molecular complexity index is 623. The minimum absolute atomic E-state index is 0.0131. The highest BCUT2D eigenvalue weighted by atomic mass is 79.9. The summed E-state index contributed by atoms with van der Waals surface area (Å²) in [4.78, 5) is 12.0. The second-order valence-corrected chi connectivity index (χ2v) is 5.01. The van der Waals surface area contributed by atoms with Crippen LogP contribution in [0.4, 0.5) is 13.2 Å². The maximum Gasteiger partial charge on any atom is 0.416 e. The molecule has 0 amide bonds. The summed E-state index contributed by atoms with van der Waals surface area (Å²) in [5.41, 5.74) is -0.234. The number of benzene rings is 1. The number of halogens is 4. The lowest BCUT2D eigenvalue weighted by molar-refractivity contribution is -0.683. The van der Waals surface area contributed by atoms with Gasteiger partial charge < -0.3 is 0 Å². The Morgan fingerprint density at radius 3 is 2.25 bits per heavy atom. The first-order valence-corrected chi connectivity index (χ1v) is 6.51. The van der Waals surface area contributed by atoms with Crippen molar-refractivity contribution >= 4 is 21.7 Å². The molecule has 2 aromatic rings. The van der Waals surface area contributed by atoms with E-state index in [2.05, 4.69) is 15.9 Å². The molecule has 0 bridgehead atoms. The van der Waals surface area contributed by atoms with Gasteiger partial charge in [-0.1, -0.05) is 34.1 Å². The van der Waals surface area contributed by atoms with E-state index in [9.17, 15) is 18.0 Å². The van der Waals surface area contributed by atoms with Crippen molar-refractivity contribution in [1.29, 1.82) is 0 Å². The molecule has 1 aromatic carbocycles. The molecule has 0 spiro atoms. The lowest BCUT2D eigenvalue weighted by Gasteiger charge is -2.05. The summed E-state index contributed by atoms with van der Waals surface area (Å²) in [6.07, 6.45) is -1.87. The van der Waals surface area contributed by atoms with Crippen molar-refractivity contribution in [1.82, 2.24) is 0 Å². The van der Waals surface area contributed by atoms with Crippen molar-refractivity contribution in [2.24, 2.45) is 0 Å². The van der Waals surface area contributed by atoms with Gasteiger partial charge in [0.05, 0.1) is 5.56 Å². The maximum atomic E-state index is 12.4. The van der Waals surface area contributed by atoms with Gasteiger partial charge >= 0.3 is 6.18 Å². The number of ketones is 1. The molecule has 0 N–H and O–H groups in total. The third kappa shape index (κ3) is 3.45. The van der Waals surface area contributed by atoms with Crippen LogP contribution in [0.3, 0.4) is 0 Å². The van der Waals surface area contributed by atoms with Crippen LogP contribution in [0.2, 0.25) is 0 Å². The summed E-state index contributed by atoms with van der Waals surface area (Å²) < 4.78 is 39.3. The third-order valence-electron chi connectivity index (χ3n) is 2.72. The van der Waals surface area contributed by atoms with Gasteiger partial charge in [-0.2, -0.15) is 17.7 Å². The Morgan fingerprint density at radius 2 is 1.70 bits per heavy atom. The summed E-state index contributed by atoms with van der Waals surface area (Å²) in [5.74, 6) is -0.178. The highest BCUT2D eigenvalue weighted by molar-refractivity contribution is 9.10. The average molecular weight is 345 g/mol. The predicted octanol–water partition coefficient (Wildman–Crippen LogP) is 3.64. The van der Waals surface area contributed by atoms with E-state index in [-0.39, 0.29) is 12.3 Å². The van der Waals surface area contributed by atoms with Crippen molar-refractivity contribution in [3.05, 3.63) is 64.4 Å². The minimum Gasteiger partial charge on any atom is -0.287 e. The third-order valence-corrected chi connectivity index (χ3v) is 3.41. The van der Waals surface area contributed by atoms with Gasteiger partial charge in [-0.25, -0.2) is 0 Å². The smallest absolute Gasteiger partial charge is 0.287 e. The van der Waals surface area contributed by atoms with Crippen LogP contribution in [0, 0.1) is 0 Å². The average Bonchev–Trinajstić information content (AvgIpc) is 2.38. The van der Waals surface area contributed by atoms with E-state index in [0.29, 0.717) is 10.0 Å². The summed E-state index contributed by atoms with van der Waals surface area (Å²) in [5, 5.41) is 0. The molecule has 2 rings (SSSR count). The Labute approximate surface area is 122 Å². The van der Waals surface area contributed by atoms with Crippen molar-refractivity contribution in [2.45, 2.75) is 12.7 Å². The number of alkyl halides is 3. The molecule has 104 valence electrons. The zero-order chi connectivity index (χ0) is 14.8. The lowest BCUT2D eigenvalue weighted by atomic mass is 10.1. The van der Waals surface area contributed by atoms with E-state index < -0.39 is 11.7 Å². The van der Waals surface area contributed by atoms with E-state index in [4.69, 9.17) is 0 Å². The Kier molecular flexibility index (Phi) is 4.23. The first-order chi connectivity index (χ1) is 9.38. The summed E-state index contributed by atoms with van der Waals surface area (Å²) in [6, 6.07) is 8.82. The Morgan fingerprint density at radius 1 is 1.10 bits per heavy atom. The van der Waals surface area contributed by atoms with Gasteiger partial charge in [0.2, 0.25) is 12.3 Å². The zero-order valence-electron chi connectivity index (χ0n) is 10.2. The fourth-order valence-electron chi connectivity index (χ4n) is 1.69. The number of aromatic nitrogens is 1. The molecule has 0 fully saturated rings. The fraction of sp³-hybridized carbons (Fsp3) is 0.143. The number of carbonyl (C=O) groups excluding carboxylic acids is 1. The molecule has 0 saturated heterocycles. The standard InChI is InChI=1S/C14H10BrF3NO/c15-12-4-2-1-3-11(12)13(20)9-19-7-5-10(6-8-19)14(16,17)18/h1-8H,9H2/q+1. The second-order valence-electron chi connectivity index (χ2n) is 4.16. The first kappa shape index (κ1) is 14.7. The van der Waals surface area contributed by atoms with Crippen LogP contribution in [0.15, 0.2) is 53.3 Å². The second kappa shape index (κ2) is 5.75. The quantitative estimate of drug-likeness (QED) is 0.615. The predicted molar refractivity (Wildman–Crippen MR) is 70.1 cm³/mol. The molecule has 0 radical (unpaired) electrons. The van der Waals surface area contributed by atoms with Gasteiger partial charge in [0.25, 0.3) is 0 Å². The van der Waals surface area contributed by atoms with Crippen LogP contribution in [-0.4, -0.2) is 5.78 Å². The zero-order valence-corrected chi connectivity index (χ0v) is 11.8. The van der Waals surface area contributed by atoms with Crippen molar-refractivity contribution in [3.8, 4) is 0 Å². The Hall–Kier alpha value is -1.69. The summed E-state index contributed by atoms with van der Waals surface area (Å²) >= 11 is 3.27. The molecule has 0 saturated carbocycles. The molecule has 20 heavy (non-hydrogen) atoms. The van der Waals surface area contributed by atoms with Crippen LogP contribution >= 0.6 is 15.9 Å². The van der Waals surface area contributed by atoms with Crippen LogP contribution in [0.25, 0.3) is 0 Å². The molecule has 0 aliphatic rings. The number of Topliss-reactive ketones (excluding diaryl/α,β-unsaturated/α-hetero) is 1. The lowest BCUT2D eigenvalue weighted by Crippen LogP contribution is -2.37. The Balaban J connectivity index is 2.15. The topological polar surface area (TPSA) is 20.9 Å². The highest BCUT2D eigenvalue weighted by Crippen LogP contribution is 2.27. The van der Waals surface area contributed by atoms with Gasteiger partial charge in [-0.15, -0.1) is 0 Å². The van der Waals surface area contributed by atoms with Crippen molar-refractivity contribution < 1.29 is 22.5 Å². The summed E-state index contributed by atoms with van der Waals surface area (Å²) in [7, 11) is 0. The van der Waals surface area contributed by atoms with Crippen LogP contribution in [0.1, 0.15) is 15.9 Å². The number of pyridine rings is 1. The number of rotatable bonds is 3. The van der Waals surface area contributed by atoms with E-state index in [1.54, 1.807) is 24.3 Å². The molecule has 0 unspecified atom stereocenters. The molecule has 2 nitrogen and oxygen atoms in total. The maximum absolute atomic E-state index is 12.4. The largest absolute Gasteiger partial charge is 0.416 e. The van der Waals surface area contributed by atoms with E-state index in [0.717, 1.165) is 12.1 Å². The summed E-state index contributed by atoms with van der Waals surface area (Å²) in [6.45, 7) is -0.0131. The molecule has 0 aliphatic carbocycles. The molecule has 6 heteroatoms. The molecule has 0 atom stereocenters. The van der Waals surface area contributed by atoms with Gasteiger partial charge in [0, 0.05) is 22.2 Å². The number of hydrogen-bond donors (Lipinski definition) is 0. The molecule has 1 aromatic heterocycles. The van der Waals surface area contributed by atoms with Crippen LogP contribution in [0.5, 0.6) is 0 Å². The van der Waals surface area contributed by atoms with E-state index in [1.165, 1.54) is 17.0 Å². The normalized spacial score (nSPS) is 11.4. The molecule has 0 aliphatic heterocycles. The number of carbonyl (C=O) groups is 1. The van der Waals surface area contributed by atoms with Crippen molar-refractivity contribution in [2.75, 3.05) is 0 Å². The highest BCUT2D eigenvalue weighted by Gasteiger charge is 2.31. The molecule has 1 heterocycles.